The Kier molecular flexibility index (Phi) is 5.58. The van der Waals surface area contributed by atoms with Crippen molar-refractivity contribution in [3.63, 3.8) is 0 Å². The van der Waals surface area contributed by atoms with Crippen LogP contribution in [0.5, 0.6) is 0 Å². The van der Waals surface area contributed by atoms with E-state index in [-0.39, 0.29) is 9.95 Å². The first-order chi connectivity index (χ1) is 13.9. The van der Waals surface area contributed by atoms with Crippen LogP contribution in [0.4, 0.5) is 26.3 Å². The Labute approximate surface area is 167 Å². The number of sulfonamides is 1. The first-order valence-electron chi connectivity index (χ1n) is 8.55. The Balaban J connectivity index is 2.12. The van der Waals surface area contributed by atoms with Crippen LogP contribution in [0.15, 0.2) is 59.9 Å². The lowest BCUT2D eigenvalue weighted by molar-refractivity contribution is -0.173. The molecule has 0 spiro atoms. The topological polar surface area (TPSA) is 54.7 Å². The molecule has 0 saturated heterocycles. The van der Waals surface area contributed by atoms with E-state index in [4.69, 9.17) is 0 Å². The zero-order valence-corrected chi connectivity index (χ0v) is 16.1. The molecule has 2 aromatic heterocycles. The molecule has 3 aromatic rings. The maximum absolute atomic E-state index is 13.9. The van der Waals surface area contributed by atoms with E-state index in [1.807, 2.05) is 0 Å². The van der Waals surface area contributed by atoms with Gasteiger partial charge in [0.2, 0.25) is 0 Å². The van der Waals surface area contributed by atoms with E-state index in [1.54, 1.807) is 6.07 Å². The van der Waals surface area contributed by atoms with Gasteiger partial charge in [-0.3, -0.25) is 4.40 Å². The lowest BCUT2D eigenvalue weighted by Crippen LogP contribution is -2.42. The van der Waals surface area contributed by atoms with Crippen LogP contribution < -0.4 is 0 Å². The van der Waals surface area contributed by atoms with E-state index in [2.05, 4.69) is 4.98 Å². The molecule has 3 rings (SSSR count). The van der Waals surface area contributed by atoms with Crippen molar-refractivity contribution < 1.29 is 34.8 Å². The molecular weight excluding hydrogens is 436 g/mol. The van der Waals surface area contributed by atoms with Crippen LogP contribution in [0, 0.1) is 0 Å². The Morgan fingerprint density at radius 1 is 1.03 bits per heavy atom. The molecule has 0 aliphatic rings. The molecule has 0 amide bonds. The molecule has 0 aliphatic carbocycles. The second-order valence-corrected chi connectivity index (χ2v) is 8.13. The number of pyridine rings is 1. The van der Waals surface area contributed by atoms with E-state index in [9.17, 15) is 34.8 Å². The Bertz CT molecular complexity index is 1140. The minimum absolute atomic E-state index is 0.200. The van der Waals surface area contributed by atoms with Crippen molar-refractivity contribution in [1.82, 2.24) is 13.7 Å². The highest BCUT2D eigenvalue weighted by molar-refractivity contribution is 7.89. The number of halogens is 6. The van der Waals surface area contributed by atoms with Crippen molar-refractivity contribution in [2.45, 2.75) is 30.3 Å². The molecule has 1 aromatic carbocycles. The summed E-state index contributed by atoms with van der Waals surface area (Å²) in [5.74, 6) is 0. The number of rotatable bonds is 5. The zero-order valence-electron chi connectivity index (χ0n) is 15.3. The van der Waals surface area contributed by atoms with Gasteiger partial charge in [-0.1, -0.05) is 25.1 Å². The molecule has 0 saturated carbocycles. The van der Waals surface area contributed by atoms with Gasteiger partial charge in [-0.25, -0.2) is 13.4 Å². The molecule has 12 heteroatoms. The second kappa shape index (κ2) is 7.58. The fraction of sp³-hybridized carbons (Fsp3) is 0.278. The first-order valence-corrected chi connectivity index (χ1v) is 9.99. The average Bonchev–Trinajstić information content (AvgIpc) is 3.09. The smallest absolute Gasteiger partial charge is 0.289 e. The standard InChI is InChI=1S/C18H15F6N3O2S/c1-2-27(30(28,29)15-11-25-14-5-3-4-10-26(14)15)16(18(22,23)24)12-6-8-13(9-7-12)17(19,20)21/h3-11,16H,2H2,1H3. The number of imidazole rings is 1. The van der Waals surface area contributed by atoms with E-state index in [1.165, 1.54) is 25.3 Å². The third kappa shape index (κ3) is 4.01. The highest BCUT2D eigenvalue weighted by atomic mass is 32.2. The number of fused-ring (bicyclic) bond motifs is 1. The van der Waals surface area contributed by atoms with Crippen molar-refractivity contribution in [2.24, 2.45) is 0 Å². The number of aromatic nitrogens is 2. The fourth-order valence-electron chi connectivity index (χ4n) is 3.08. The maximum atomic E-state index is 13.9. The summed E-state index contributed by atoms with van der Waals surface area (Å²) < 4.78 is 108. The third-order valence-electron chi connectivity index (χ3n) is 4.42. The molecule has 2 heterocycles. The largest absolute Gasteiger partial charge is 0.416 e. The lowest BCUT2D eigenvalue weighted by Gasteiger charge is -2.31. The van der Waals surface area contributed by atoms with Gasteiger partial charge >= 0.3 is 12.4 Å². The molecule has 0 N–H and O–H groups in total. The van der Waals surface area contributed by atoms with E-state index >= 15 is 0 Å². The Morgan fingerprint density at radius 2 is 1.67 bits per heavy atom. The number of hydrogen-bond acceptors (Lipinski definition) is 3. The molecule has 162 valence electrons. The average molecular weight is 451 g/mol. The summed E-state index contributed by atoms with van der Waals surface area (Å²) in [4.78, 5) is 3.89. The normalized spacial score (nSPS) is 14.4. The van der Waals surface area contributed by atoms with Crippen molar-refractivity contribution >= 4 is 15.7 Å². The van der Waals surface area contributed by atoms with Crippen LogP contribution in [0.2, 0.25) is 0 Å². The lowest BCUT2D eigenvalue weighted by atomic mass is 10.0. The molecule has 0 fully saturated rings. The van der Waals surface area contributed by atoms with Crippen LogP contribution in [-0.4, -0.2) is 34.8 Å². The monoisotopic (exact) mass is 451 g/mol. The van der Waals surface area contributed by atoms with Crippen molar-refractivity contribution in [2.75, 3.05) is 6.54 Å². The quantitative estimate of drug-likeness (QED) is 0.530. The first kappa shape index (κ1) is 22.1. The van der Waals surface area contributed by atoms with E-state index < -0.39 is 51.1 Å². The predicted molar refractivity (Wildman–Crippen MR) is 95.0 cm³/mol. The summed E-state index contributed by atoms with van der Waals surface area (Å²) in [5, 5.41) is -0.485. The van der Waals surface area contributed by atoms with E-state index in [0.29, 0.717) is 24.3 Å². The van der Waals surface area contributed by atoms with Gasteiger partial charge in [0.25, 0.3) is 10.0 Å². The Hall–Kier alpha value is -2.60. The number of benzene rings is 1. The molecule has 5 nitrogen and oxygen atoms in total. The van der Waals surface area contributed by atoms with Crippen molar-refractivity contribution in [3.8, 4) is 0 Å². The summed E-state index contributed by atoms with van der Waals surface area (Å²) in [6, 6.07) is 4.11. The summed E-state index contributed by atoms with van der Waals surface area (Å²) in [5.41, 5.74) is -1.56. The zero-order chi connectivity index (χ0) is 22.3. The van der Waals surface area contributed by atoms with Crippen molar-refractivity contribution in [1.29, 1.82) is 0 Å². The van der Waals surface area contributed by atoms with Gasteiger partial charge in [0.15, 0.2) is 5.03 Å². The van der Waals surface area contributed by atoms with Crippen LogP contribution in [0.1, 0.15) is 24.1 Å². The molecule has 1 atom stereocenters. The van der Waals surface area contributed by atoms with Crippen LogP contribution >= 0.6 is 0 Å². The van der Waals surface area contributed by atoms with Crippen molar-refractivity contribution in [3.05, 3.63) is 66.0 Å². The van der Waals surface area contributed by atoms with Gasteiger partial charge < -0.3 is 0 Å². The molecular formula is C18H15F6N3O2S. The van der Waals surface area contributed by atoms with Crippen LogP contribution in [-0.2, 0) is 16.2 Å². The summed E-state index contributed by atoms with van der Waals surface area (Å²) >= 11 is 0. The Morgan fingerprint density at radius 3 is 2.20 bits per heavy atom. The predicted octanol–water partition coefficient (Wildman–Crippen LogP) is 4.67. The van der Waals surface area contributed by atoms with Gasteiger partial charge in [-0.05, 0) is 29.8 Å². The molecule has 0 radical (unpaired) electrons. The highest BCUT2D eigenvalue weighted by Crippen LogP contribution is 2.41. The SMILES string of the molecule is CCN(C(c1ccc(C(F)(F)F)cc1)C(F)(F)F)S(=O)(=O)c1cnc2ccccn12. The highest BCUT2D eigenvalue weighted by Gasteiger charge is 2.49. The maximum Gasteiger partial charge on any atom is 0.416 e. The van der Waals surface area contributed by atoms with Crippen LogP contribution in [0.25, 0.3) is 5.65 Å². The number of nitrogens with zero attached hydrogens (tertiary/aromatic N) is 3. The fourth-order valence-corrected chi connectivity index (χ4v) is 4.77. The molecule has 1 unspecified atom stereocenters. The third-order valence-corrected chi connectivity index (χ3v) is 6.34. The minimum Gasteiger partial charge on any atom is -0.289 e. The summed E-state index contributed by atoms with van der Waals surface area (Å²) in [6.45, 7) is 0.636. The van der Waals surface area contributed by atoms with Gasteiger partial charge in [-0.2, -0.15) is 30.6 Å². The van der Waals surface area contributed by atoms with Crippen LogP contribution in [0.3, 0.4) is 0 Å². The summed E-state index contributed by atoms with van der Waals surface area (Å²) in [7, 11) is -4.71. The molecule has 30 heavy (non-hydrogen) atoms. The number of hydrogen-bond donors (Lipinski definition) is 0. The number of alkyl halides is 6. The summed E-state index contributed by atoms with van der Waals surface area (Å²) in [6.07, 6.45) is -7.54. The molecule has 0 aliphatic heterocycles. The minimum atomic E-state index is -5.08. The molecule has 0 bridgehead atoms. The van der Waals surface area contributed by atoms with Gasteiger partial charge in [0.1, 0.15) is 11.7 Å². The second-order valence-electron chi connectivity index (χ2n) is 6.30. The van der Waals surface area contributed by atoms with Gasteiger partial charge in [0.05, 0.1) is 11.8 Å². The van der Waals surface area contributed by atoms with Gasteiger partial charge in [0, 0.05) is 12.7 Å². The van der Waals surface area contributed by atoms with Gasteiger partial charge in [-0.15, -0.1) is 0 Å². The van der Waals surface area contributed by atoms with E-state index in [0.717, 1.165) is 10.6 Å².